The number of halogens is 2. The smallest absolute Gasteiger partial charge is 0.124 e. The van der Waals surface area contributed by atoms with Crippen molar-refractivity contribution in [2.24, 2.45) is 5.92 Å². The Morgan fingerprint density at radius 3 is 2.62 bits per heavy atom. The minimum Gasteiger partial charge on any atom is -0.393 e. The van der Waals surface area contributed by atoms with Crippen LogP contribution in [0.5, 0.6) is 0 Å². The van der Waals surface area contributed by atoms with Crippen LogP contribution < -0.4 is 0 Å². The maximum absolute atomic E-state index is 12.8. The minimum absolute atomic E-state index is 0.224. The molecule has 0 fully saturated rings. The molecule has 0 aromatic heterocycles. The lowest BCUT2D eigenvalue weighted by Crippen LogP contribution is -2.14. The second-order valence-corrected chi connectivity index (χ2v) is 5.29. The van der Waals surface area contributed by atoms with Crippen molar-refractivity contribution in [3.8, 4) is 0 Å². The standard InChI is InChI=1S/C13H18BrFO/c1-9(2)13(16)5-3-4-10-6-7-11(15)8-12(10)14/h6-9,13,16H,3-5H2,1-2H3. The first kappa shape index (κ1) is 13.7. The summed E-state index contributed by atoms with van der Waals surface area (Å²) in [4.78, 5) is 0. The first-order valence-electron chi connectivity index (χ1n) is 5.62. The number of benzene rings is 1. The SMILES string of the molecule is CC(C)C(O)CCCc1ccc(F)cc1Br. The van der Waals surface area contributed by atoms with Gasteiger partial charge in [-0.2, -0.15) is 0 Å². The van der Waals surface area contributed by atoms with Crippen LogP contribution in [0.25, 0.3) is 0 Å². The van der Waals surface area contributed by atoms with Gasteiger partial charge in [-0.15, -0.1) is 0 Å². The molecule has 1 unspecified atom stereocenters. The Bertz CT molecular complexity index is 339. The van der Waals surface area contributed by atoms with Gasteiger partial charge < -0.3 is 5.11 Å². The van der Waals surface area contributed by atoms with Gasteiger partial charge in [0.2, 0.25) is 0 Å². The third kappa shape index (κ3) is 4.22. The molecule has 0 bridgehead atoms. The molecule has 0 heterocycles. The molecule has 0 radical (unpaired) electrons. The topological polar surface area (TPSA) is 20.2 Å². The van der Waals surface area contributed by atoms with Gasteiger partial charge >= 0.3 is 0 Å². The van der Waals surface area contributed by atoms with E-state index in [9.17, 15) is 9.50 Å². The zero-order chi connectivity index (χ0) is 12.1. The maximum atomic E-state index is 12.8. The van der Waals surface area contributed by atoms with E-state index in [1.54, 1.807) is 6.07 Å². The van der Waals surface area contributed by atoms with Crippen LogP contribution in [0.2, 0.25) is 0 Å². The Morgan fingerprint density at radius 1 is 1.38 bits per heavy atom. The monoisotopic (exact) mass is 288 g/mol. The second kappa shape index (κ2) is 6.36. The highest BCUT2D eigenvalue weighted by molar-refractivity contribution is 9.10. The number of aliphatic hydroxyl groups is 1. The van der Waals surface area contributed by atoms with Crippen LogP contribution in [-0.2, 0) is 6.42 Å². The van der Waals surface area contributed by atoms with Crippen molar-refractivity contribution in [1.82, 2.24) is 0 Å². The van der Waals surface area contributed by atoms with Gasteiger partial charge in [-0.1, -0.05) is 35.8 Å². The van der Waals surface area contributed by atoms with Gasteiger partial charge in [-0.05, 0) is 42.9 Å². The molecule has 1 aromatic carbocycles. The summed E-state index contributed by atoms with van der Waals surface area (Å²) in [5.41, 5.74) is 1.09. The zero-order valence-electron chi connectivity index (χ0n) is 9.71. The fraction of sp³-hybridized carbons (Fsp3) is 0.538. The summed E-state index contributed by atoms with van der Waals surface area (Å²) in [6.07, 6.45) is 2.34. The molecule has 1 N–H and O–H groups in total. The summed E-state index contributed by atoms with van der Waals surface area (Å²) in [5.74, 6) is 0.0782. The molecular formula is C13H18BrFO. The first-order chi connectivity index (χ1) is 7.50. The van der Waals surface area contributed by atoms with E-state index in [1.807, 2.05) is 13.8 Å². The highest BCUT2D eigenvalue weighted by Crippen LogP contribution is 2.20. The van der Waals surface area contributed by atoms with Crippen LogP contribution in [0, 0.1) is 11.7 Å². The van der Waals surface area contributed by atoms with Gasteiger partial charge in [0, 0.05) is 4.47 Å². The van der Waals surface area contributed by atoms with Gasteiger partial charge in [-0.25, -0.2) is 4.39 Å². The fourth-order valence-electron chi connectivity index (χ4n) is 1.56. The normalized spacial score (nSPS) is 13.1. The predicted octanol–water partition coefficient (Wildman–Crippen LogP) is 3.93. The molecular weight excluding hydrogens is 271 g/mol. The molecule has 90 valence electrons. The number of aliphatic hydroxyl groups excluding tert-OH is 1. The molecule has 0 spiro atoms. The highest BCUT2D eigenvalue weighted by atomic mass is 79.9. The van der Waals surface area contributed by atoms with E-state index in [2.05, 4.69) is 15.9 Å². The number of rotatable bonds is 5. The molecule has 0 saturated heterocycles. The molecule has 3 heteroatoms. The van der Waals surface area contributed by atoms with Crippen LogP contribution in [0.1, 0.15) is 32.3 Å². The van der Waals surface area contributed by atoms with Gasteiger partial charge in [0.1, 0.15) is 5.82 Å². The van der Waals surface area contributed by atoms with E-state index in [-0.39, 0.29) is 11.9 Å². The van der Waals surface area contributed by atoms with Crippen molar-refractivity contribution < 1.29 is 9.50 Å². The molecule has 1 aromatic rings. The van der Waals surface area contributed by atoms with Crippen LogP contribution in [0.4, 0.5) is 4.39 Å². The lowest BCUT2D eigenvalue weighted by molar-refractivity contribution is 0.114. The highest BCUT2D eigenvalue weighted by Gasteiger charge is 2.09. The van der Waals surface area contributed by atoms with Crippen molar-refractivity contribution in [3.05, 3.63) is 34.1 Å². The molecule has 16 heavy (non-hydrogen) atoms. The van der Waals surface area contributed by atoms with Crippen molar-refractivity contribution in [3.63, 3.8) is 0 Å². The van der Waals surface area contributed by atoms with Crippen molar-refractivity contribution >= 4 is 15.9 Å². The van der Waals surface area contributed by atoms with Gasteiger partial charge in [0.25, 0.3) is 0 Å². The molecule has 1 atom stereocenters. The largest absolute Gasteiger partial charge is 0.393 e. The van der Waals surface area contributed by atoms with Crippen molar-refractivity contribution in [2.75, 3.05) is 0 Å². The van der Waals surface area contributed by atoms with Crippen LogP contribution in [0.3, 0.4) is 0 Å². The number of hydrogen-bond donors (Lipinski definition) is 1. The fourth-order valence-corrected chi connectivity index (χ4v) is 2.11. The van der Waals surface area contributed by atoms with E-state index in [1.165, 1.54) is 12.1 Å². The lowest BCUT2D eigenvalue weighted by Gasteiger charge is -2.14. The van der Waals surface area contributed by atoms with Crippen LogP contribution >= 0.6 is 15.9 Å². The van der Waals surface area contributed by atoms with E-state index < -0.39 is 0 Å². The Morgan fingerprint density at radius 2 is 2.06 bits per heavy atom. The van der Waals surface area contributed by atoms with E-state index in [0.717, 1.165) is 29.3 Å². The zero-order valence-corrected chi connectivity index (χ0v) is 11.3. The van der Waals surface area contributed by atoms with Crippen LogP contribution in [0.15, 0.2) is 22.7 Å². The van der Waals surface area contributed by atoms with Gasteiger partial charge in [0.05, 0.1) is 6.10 Å². The summed E-state index contributed by atoms with van der Waals surface area (Å²) >= 11 is 3.34. The summed E-state index contributed by atoms with van der Waals surface area (Å²) in [6.45, 7) is 4.02. The Kier molecular flexibility index (Phi) is 5.42. The molecule has 0 saturated carbocycles. The average molecular weight is 289 g/mol. The van der Waals surface area contributed by atoms with Gasteiger partial charge in [0.15, 0.2) is 0 Å². The molecule has 0 aliphatic rings. The third-order valence-corrected chi connectivity index (χ3v) is 3.47. The molecule has 1 nitrogen and oxygen atoms in total. The number of aryl methyl sites for hydroxylation is 1. The van der Waals surface area contributed by atoms with Crippen molar-refractivity contribution in [2.45, 2.75) is 39.2 Å². The third-order valence-electron chi connectivity index (χ3n) is 2.73. The summed E-state index contributed by atoms with van der Waals surface area (Å²) in [5, 5.41) is 9.65. The van der Waals surface area contributed by atoms with Gasteiger partial charge in [-0.3, -0.25) is 0 Å². The van der Waals surface area contributed by atoms with E-state index in [4.69, 9.17) is 0 Å². The molecule has 1 rings (SSSR count). The van der Waals surface area contributed by atoms with E-state index in [0.29, 0.717) is 5.92 Å². The summed E-state index contributed by atoms with van der Waals surface area (Å²) in [6, 6.07) is 4.74. The van der Waals surface area contributed by atoms with Crippen LogP contribution in [-0.4, -0.2) is 11.2 Å². The molecule has 0 amide bonds. The summed E-state index contributed by atoms with van der Waals surface area (Å²) in [7, 11) is 0. The van der Waals surface area contributed by atoms with E-state index >= 15 is 0 Å². The lowest BCUT2D eigenvalue weighted by atomic mass is 9.99. The Balaban J connectivity index is 2.43. The van der Waals surface area contributed by atoms with Crippen molar-refractivity contribution in [1.29, 1.82) is 0 Å². The molecule has 0 aliphatic heterocycles. The predicted molar refractivity (Wildman–Crippen MR) is 67.9 cm³/mol. The second-order valence-electron chi connectivity index (χ2n) is 4.44. The first-order valence-corrected chi connectivity index (χ1v) is 6.42. The molecule has 0 aliphatic carbocycles. The quantitative estimate of drug-likeness (QED) is 0.870. The minimum atomic E-state index is -0.237. The Hall–Kier alpha value is -0.410. The number of hydrogen-bond acceptors (Lipinski definition) is 1. The Labute approximate surface area is 105 Å². The maximum Gasteiger partial charge on any atom is 0.124 e. The average Bonchev–Trinajstić information content (AvgIpc) is 2.20. The summed E-state index contributed by atoms with van der Waals surface area (Å²) < 4.78 is 13.6.